The number of anilines is 1. The molecule has 2 heterocycles. The minimum absolute atomic E-state index is 0.261. The summed E-state index contributed by atoms with van der Waals surface area (Å²) in [6.45, 7) is 2.75. The van der Waals surface area contributed by atoms with Gasteiger partial charge in [-0.3, -0.25) is 0 Å². The Morgan fingerprint density at radius 3 is 2.62 bits per heavy atom. The molecule has 0 atom stereocenters. The second-order valence-electron chi connectivity index (χ2n) is 6.09. The maximum atomic E-state index is 12.9. The number of ether oxygens (including phenoxy) is 1. The number of carbonyl (C=O) groups excluding carboxylic acids is 2. The van der Waals surface area contributed by atoms with Crippen LogP contribution in [0.4, 0.5) is 10.5 Å². The number of amides is 2. The van der Waals surface area contributed by atoms with Crippen molar-refractivity contribution in [1.82, 2.24) is 4.98 Å². The van der Waals surface area contributed by atoms with Crippen LogP contribution in [0.3, 0.4) is 0 Å². The first-order valence-corrected chi connectivity index (χ1v) is 8.62. The summed E-state index contributed by atoms with van der Waals surface area (Å²) in [5, 5.41) is 0. The minimum atomic E-state index is -0.400. The van der Waals surface area contributed by atoms with E-state index in [4.69, 9.17) is 4.74 Å². The first-order chi connectivity index (χ1) is 12.7. The summed E-state index contributed by atoms with van der Waals surface area (Å²) >= 11 is 0. The molecule has 6 heteroatoms. The van der Waals surface area contributed by atoms with Crippen molar-refractivity contribution in [3.8, 4) is 5.75 Å². The van der Waals surface area contributed by atoms with E-state index < -0.39 is 6.03 Å². The fourth-order valence-electron chi connectivity index (χ4n) is 2.99. The Morgan fingerprint density at radius 2 is 1.85 bits per heavy atom. The van der Waals surface area contributed by atoms with Gasteiger partial charge in [0.05, 0.1) is 12.8 Å². The Morgan fingerprint density at radius 1 is 1.08 bits per heavy atom. The monoisotopic (exact) mass is 348 g/mol. The van der Waals surface area contributed by atoms with Crippen LogP contribution in [0.5, 0.6) is 5.75 Å². The molecule has 0 saturated heterocycles. The molecule has 0 N–H and O–H groups in total. The van der Waals surface area contributed by atoms with Crippen molar-refractivity contribution in [2.75, 3.05) is 11.5 Å². The van der Waals surface area contributed by atoms with Gasteiger partial charge >= 0.3 is 11.9 Å². The van der Waals surface area contributed by atoms with Gasteiger partial charge in [0.15, 0.2) is 5.52 Å². The van der Waals surface area contributed by atoms with Gasteiger partial charge in [-0.25, -0.2) is 9.78 Å². The molecule has 0 bridgehead atoms. The van der Waals surface area contributed by atoms with Gasteiger partial charge in [0.25, 0.3) is 0 Å². The molecule has 0 radical (unpaired) electrons. The first-order valence-electron chi connectivity index (χ1n) is 8.62. The average Bonchev–Trinajstić information content (AvgIpc) is 2.93. The van der Waals surface area contributed by atoms with Crippen LogP contribution in [0.2, 0.25) is 0 Å². The molecule has 0 unspecified atom stereocenters. The van der Waals surface area contributed by atoms with E-state index in [1.807, 2.05) is 18.2 Å². The van der Waals surface area contributed by atoms with E-state index in [1.165, 1.54) is 15.7 Å². The van der Waals surface area contributed by atoms with Crippen LogP contribution < -0.4 is 14.2 Å². The molecule has 130 valence electrons. The number of para-hydroxylation sites is 2. The number of hydrogen-bond acceptors (Lipinski definition) is 4. The number of hydrogen-bond donors (Lipinski definition) is 0. The maximum absolute atomic E-state index is 12.9. The molecule has 2 aromatic carbocycles. The SMILES string of the molecule is CCCCOc1ccc(N2C(=O)c3cnc4ccccc4[n+]3C2=O)cc1. The normalized spacial score (nSPS) is 13.3. The van der Waals surface area contributed by atoms with Gasteiger partial charge in [-0.15, -0.1) is 9.47 Å². The highest BCUT2D eigenvalue weighted by molar-refractivity contribution is 6.21. The average molecular weight is 348 g/mol. The third-order valence-electron chi connectivity index (χ3n) is 4.36. The number of nitrogens with zero attached hydrogens (tertiary/aromatic N) is 3. The number of carbonyl (C=O) groups is 2. The van der Waals surface area contributed by atoms with E-state index >= 15 is 0 Å². The van der Waals surface area contributed by atoms with Crippen LogP contribution >= 0.6 is 0 Å². The minimum Gasteiger partial charge on any atom is -0.494 e. The Labute approximate surface area is 150 Å². The topological polar surface area (TPSA) is 63.4 Å². The predicted molar refractivity (Wildman–Crippen MR) is 96.4 cm³/mol. The summed E-state index contributed by atoms with van der Waals surface area (Å²) in [5.41, 5.74) is 2.05. The standard InChI is InChI=1S/C20H18N3O3/c1-2-3-12-26-15-10-8-14(9-11-15)22-19(24)18-13-21-16-6-4-5-7-17(16)23(18)20(22)25/h4-11,13H,2-3,12H2,1H3/q+1. The van der Waals surface area contributed by atoms with Crippen LogP contribution in [0.15, 0.2) is 54.7 Å². The number of imide groups is 1. The molecule has 6 nitrogen and oxygen atoms in total. The molecular weight excluding hydrogens is 330 g/mol. The summed E-state index contributed by atoms with van der Waals surface area (Å²) in [6, 6.07) is 13.8. The van der Waals surface area contributed by atoms with Gasteiger partial charge in [0.2, 0.25) is 5.69 Å². The Bertz CT molecular complexity index is 999. The third kappa shape index (κ3) is 2.60. The van der Waals surface area contributed by atoms with Crippen molar-refractivity contribution in [3.63, 3.8) is 0 Å². The molecule has 0 saturated carbocycles. The zero-order chi connectivity index (χ0) is 18.1. The van der Waals surface area contributed by atoms with E-state index in [0.29, 0.717) is 23.3 Å². The lowest BCUT2D eigenvalue weighted by atomic mass is 10.2. The van der Waals surface area contributed by atoms with Crippen molar-refractivity contribution in [2.45, 2.75) is 19.8 Å². The van der Waals surface area contributed by atoms with Crippen molar-refractivity contribution in [2.24, 2.45) is 0 Å². The summed E-state index contributed by atoms with van der Waals surface area (Å²) in [6.07, 6.45) is 3.49. The van der Waals surface area contributed by atoms with Crippen LogP contribution in [-0.4, -0.2) is 23.5 Å². The zero-order valence-electron chi connectivity index (χ0n) is 14.4. The number of unbranched alkanes of at least 4 members (excludes halogenated alkanes) is 1. The Kier molecular flexibility index (Phi) is 4.08. The van der Waals surface area contributed by atoms with E-state index in [2.05, 4.69) is 11.9 Å². The van der Waals surface area contributed by atoms with Gasteiger partial charge in [0, 0.05) is 0 Å². The van der Waals surface area contributed by atoms with Crippen LogP contribution in [0.1, 0.15) is 30.3 Å². The second-order valence-corrected chi connectivity index (χ2v) is 6.09. The number of benzene rings is 2. The molecule has 0 fully saturated rings. The third-order valence-corrected chi connectivity index (χ3v) is 4.36. The quantitative estimate of drug-likeness (QED) is 0.524. The molecule has 1 aliphatic heterocycles. The van der Waals surface area contributed by atoms with E-state index in [9.17, 15) is 9.59 Å². The van der Waals surface area contributed by atoms with Gasteiger partial charge in [-0.05, 0) is 42.8 Å². The summed E-state index contributed by atoms with van der Waals surface area (Å²) in [4.78, 5) is 31.1. The molecule has 0 aliphatic carbocycles. The molecular formula is C20H18N3O3+. The van der Waals surface area contributed by atoms with Crippen molar-refractivity contribution < 1.29 is 18.9 Å². The zero-order valence-corrected chi connectivity index (χ0v) is 14.4. The molecule has 3 aromatic rings. The van der Waals surface area contributed by atoms with Crippen LogP contribution in [0, 0.1) is 0 Å². The van der Waals surface area contributed by atoms with Crippen LogP contribution in [-0.2, 0) is 0 Å². The molecule has 0 spiro atoms. The second kappa shape index (κ2) is 6.55. The summed E-state index contributed by atoms with van der Waals surface area (Å²) < 4.78 is 7.05. The lowest BCUT2D eigenvalue weighted by Crippen LogP contribution is -2.46. The molecule has 26 heavy (non-hydrogen) atoms. The van der Waals surface area contributed by atoms with E-state index in [0.717, 1.165) is 18.6 Å². The van der Waals surface area contributed by atoms with Crippen LogP contribution in [0.25, 0.3) is 11.0 Å². The van der Waals surface area contributed by atoms with Gasteiger partial charge in [0.1, 0.15) is 17.0 Å². The number of aromatic nitrogens is 2. The smallest absolute Gasteiger partial charge is 0.494 e. The van der Waals surface area contributed by atoms with Gasteiger partial charge in [-0.2, -0.15) is 4.79 Å². The van der Waals surface area contributed by atoms with Gasteiger partial charge in [-0.1, -0.05) is 25.5 Å². The molecule has 4 rings (SSSR count). The van der Waals surface area contributed by atoms with Crippen molar-refractivity contribution in [1.29, 1.82) is 0 Å². The molecule has 1 aromatic heterocycles. The van der Waals surface area contributed by atoms with Gasteiger partial charge < -0.3 is 4.74 Å². The lowest BCUT2D eigenvalue weighted by Gasteiger charge is -2.07. The highest BCUT2D eigenvalue weighted by Gasteiger charge is 2.48. The van der Waals surface area contributed by atoms with Crippen molar-refractivity contribution >= 4 is 28.7 Å². The Balaban J connectivity index is 1.67. The highest BCUT2D eigenvalue weighted by atomic mass is 16.5. The molecule has 2 amide bonds. The van der Waals surface area contributed by atoms with E-state index in [1.54, 1.807) is 30.3 Å². The first kappa shape index (κ1) is 16.2. The maximum Gasteiger partial charge on any atom is 0.512 e. The fraction of sp³-hybridized carbons (Fsp3) is 0.200. The number of rotatable bonds is 5. The highest BCUT2D eigenvalue weighted by Crippen LogP contribution is 2.24. The Hall–Kier alpha value is -3.28. The molecule has 1 aliphatic rings. The fourth-order valence-corrected chi connectivity index (χ4v) is 2.99. The number of fused-ring (bicyclic) bond motifs is 3. The lowest BCUT2D eigenvalue weighted by molar-refractivity contribution is -0.537. The summed E-state index contributed by atoms with van der Waals surface area (Å²) in [7, 11) is 0. The summed E-state index contributed by atoms with van der Waals surface area (Å²) in [5.74, 6) is 0.339. The predicted octanol–water partition coefficient (Wildman–Crippen LogP) is 3.33. The van der Waals surface area contributed by atoms with E-state index in [-0.39, 0.29) is 11.6 Å². The largest absolute Gasteiger partial charge is 0.512 e. The van der Waals surface area contributed by atoms with Crippen molar-refractivity contribution in [3.05, 3.63) is 60.4 Å².